The Balaban J connectivity index is 2.26. The van der Waals surface area contributed by atoms with Gasteiger partial charge in [0.1, 0.15) is 9.88 Å². The summed E-state index contributed by atoms with van der Waals surface area (Å²) in [6, 6.07) is 3.44. The van der Waals surface area contributed by atoms with E-state index in [2.05, 4.69) is 5.32 Å². The SMILES string of the molecule is CCOC(=O)c1cc(CC)sc1NC(=O)c1sccc1N. The molecule has 2 heterocycles. The zero-order chi connectivity index (χ0) is 15.4. The summed E-state index contributed by atoms with van der Waals surface area (Å²) in [5.74, 6) is -0.736. The Morgan fingerprint density at radius 2 is 2.14 bits per heavy atom. The second-order valence-electron chi connectivity index (χ2n) is 4.19. The second-order valence-corrected chi connectivity index (χ2v) is 6.24. The fourth-order valence-corrected chi connectivity index (χ4v) is 3.43. The number of nitrogens with one attached hydrogen (secondary N) is 1. The Bertz CT molecular complexity index is 661. The number of carbonyl (C=O) groups is 2. The molecule has 112 valence electrons. The van der Waals surface area contributed by atoms with Crippen molar-refractivity contribution in [1.29, 1.82) is 0 Å². The molecule has 0 unspecified atom stereocenters. The summed E-state index contributed by atoms with van der Waals surface area (Å²) in [4.78, 5) is 25.6. The number of anilines is 2. The number of nitrogen functional groups attached to an aromatic ring is 1. The van der Waals surface area contributed by atoms with Gasteiger partial charge in [-0.1, -0.05) is 6.92 Å². The van der Waals surface area contributed by atoms with E-state index in [0.29, 0.717) is 27.7 Å². The van der Waals surface area contributed by atoms with Crippen LogP contribution in [0.3, 0.4) is 0 Å². The van der Waals surface area contributed by atoms with Crippen LogP contribution >= 0.6 is 22.7 Å². The average molecular weight is 324 g/mol. The van der Waals surface area contributed by atoms with Gasteiger partial charge in [0.05, 0.1) is 17.9 Å². The molecule has 0 aliphatic rings. The number of amides is 1. The van der Waals surface area contributed by atoms with Crippen LogP contribution in [0.1, 0.15) is 38.8 Å². The summed E-state index contributed by atoms with van der Waals surface area (Å²) < 4.78 is 5.02. The number of rotatable bonds is 5. The fourth-order valence-electron chi connectivity index (χ4n) is 1.73. The van der Waals surface area contributed by atoms with Crippen molar-refractivity contribution in [1.82, 2.24) is 0 Å². The number of ether oxygens (including phenoxy) is 1. The molecule has 0 fully saturated rings. The lowest BCUT2D eigenvalue weighted by molar-refractivity contribution is 0.0528. The first-order valence-electron chi connectivity index (χ1n) is 6.50. The van der Waals surface area contributed by atoms with Gasteiger partial charge in [-0.3, -0.25) is 4.79 Å². The zero-order valence-electron chi connectivity index (χ0n) is 11.8. The van der Waals surface area contributed by atoms with Crippen LogP contribution < -0.4 is 11.1 Å². The van der Waals surface area contributed by atoms with E-state index >= 15 is 0 Å². The normalized spacial score (nSPS) is 10.4. The molecule has 0 aromatic carbocycles. The van der Waals surface area contributed by atoms with Crippen LogP contribution in [0.4, 0.5) is 10.7 Å². The van der Waals surface area contributed by atoms with Crippen molar-refractivity contribution in [2.75, 3.05) is 17.7 Å². The fraction of sp³-hybridized carbons (Fsp3) is 0.286. The molecule has 2 aromatic heterocycles. The number of esters is 1. The Hall–Kier alpha value is -1.86. The van der Waals surface area contributed by atoms with Crippen molar-refractivity contribution in [3.8, 4) is 0 Å². The average Bonchev–Trinajstić information content (AvgIpc) is 3.05. The smallest absolute Gasteiger partial charge is 0.341 e. The van der Waals surface area contributed by atoms with Gasteiger partial charge in [0.15, 0.2) is 0 Å². The third kappa shape index (κ3) is 3.43. The van der Waals surface area contributed by atoms with Gasteiger partial charge >= 0.3 is 5.97 Å². The van der Waals surface area contributed by atoms with Crippen LogP contribution in [-0.2, 0) is 11.2 Å². The highest BCUT2D eigenvalue weighted by Gasteiger charge is 2.20. The Morgan fingerprint density at radius 1 is 1.38 bits per heavy atom. The van der Waals surface area contributed by atoms with E-state index in [1.54, 1.807) is 24.4 Å². The van der Waals surface area contributed by atoms with Crippen LogP contribution in [0, 0.1) is 0 Å². The van der Waals surface area contributed by atoms with E-state index in [1.165, 1.54) is 22.7 Å². The van der Waals surface area contributed by atoms with E-state index in [-0.39, 0.29) is 5.91 Å². The standard InChI is InChI=1S/C14H16N2O3S2/c1-3-8-7-9(14(18)19-4-2)13(21-8)16-12(17)11-10(15)5-6-20-11/h5-7H,3-4,15H2,1-2H3,(H,16,17). The molecule has 5 nitrogen and oxygen atoms in total. The summed E-state index contributed by atoms with van der Waals surface area (Å²) >= 11 is 2.64. The number of hydrogen-bond donors (Lipinski definition) is 2. The minimum absolute atomic E-state index is 0.293. The maximum atomic E-state index is 12.2. The van der Waals surface area contributed by atoms with E-state index in [0.717, 1.165) is 11.3 Å². The molecule has 2 rings (SSSR count). The Kier molecular flexibility index (Phi) is 4.98. The topological polar surface area (TPSA) is 81.4 Å². The van der Waals surface area contributed by atoms with Crippen LogP contribution in [-0.4, -0.2) is 18.5 Å². The van der Waals surface area contributed by atoms with Crippen molar-refractivity contribution in [2.24, 2.45) is 0 Å². The third-order valence-electron chi connectivity index (χ3n) is 2.76. The molecule has 0 bridgehead atoms. The summed E-state index contributed by atoms with van der Waals surface area (Å²) in [6.45, 7) is 4.03. The lowest BCUT2D eigenvalue weighted by Gasteiger charge is -2.05. The van der Waals surface area contributed by atoms with Crippen LogP contribution in [0.15, 0.2) is 17.5 Å². The third-order valence-corrected chi connectivity index (χ3v) is 4.88. The molecule has 1 amide bonds. The molecule has 7 heteroatoms. The molecular weight excluding hydrogens is 308 g/mol. The van der Waals surface area contributed by atoms with E-state index in [1.807, 2.05) is 6.92 Å². The minimum Gasteiger partial charge on any atom is -0.462 e. The highest BCUT2D eigenvalue weighted by atomic mass is 32.1. The molecule has 0 aliphatic carbocycles. The monoisotopic (exact) mass is 324 g/mol. The molecule has 21 heavy (non-hydrogen) atoms. The first-order valence-corrected chi connectivity index (χ1v) is 8.20. The Labute approximate surface area is 130 Å². The summed E-state index contributed by atoms with van der Waals surface area (Å²) in [5, 5.41) is 5.01. The number of thiophene rings is 2. The van der Waals surface area contributed by atoms with Gasteiger partial charge in [0, 0.05) is 4.88 Å². The van der Waals surface area contributed by atoms with Crippen molar-refractivity contribution >= 4 is 45.2 Å². The lowest BCUT2D eigenvalue weighted by atomic mass is 10.2. The molecule has 2 aromatic rings. The van der Waals surface area contributed by atoms with Gasteiger partial charge in [0.25, 0.3) is 5.91 Å². The number of nitrogens with two attached hydrogens (primary N) is 1. The molecular formula is C14H16N2O3S2. The van der Waals surface area contributed by atoms with Gasteiger partial charge in [-0.2, -0.15) is 0 Å². The number of aryl methyl sites for hydroxylation is 1. The highest BCUT2D eigenvalue weighted by Crippen LogP contribution is 2.30. The molecule has 0 atom stereocenters. The van der Waals surface area contributed by atoms with Crippen molar-refractivity contribution in [3.05, 3.63) is 32.8 Å². The first-order chi connectivity index (χ1) is 10.1. The molecule has 3 N–H and O–H groups in total. The Morgan fingerprint density at radius 3 is 2.71 bits per heavy atom. The molecule has 0 saturated heterocycles. The first kappa shape index (κ1) is 15.5. The maximum Gasteiger partial charge on any atom is 0.341 e. The van der Waals surface area contributed by atoms with Gasteiger partial charge < -0.3 is 15.8 Å². The highest BCUT2D eigenvalue weighted by molar-refractivity contribution is 7.17. The molecule has 0 aliphatic heterocycles. The summed E-state index contributed by atoms with van der Waals surface area (Å²) in [7, 11) is 0. The van der Waals surface area contributed by atoms with Crippen molar-refractivity contribution in [2.45, 2.75) is 20.3 Å². The second kappa shape index (κ2) is 6.73. The van der Waals surface area contributed by atoms with Crippen LogP contribution in [0.25, 0.3) is 0 Å². The number of carbonyl (C=O) groups excluding carboxylic acids is 2. The van der Waals surface area contributed by atoms with E-state index < -0.39 is 5.97 Å². The molecule has 0 radical (unpaired) electrons. The van der Waals surface area contributed by atoms with Gasteiger partial charge in [-0.15, -0.1) is 22.7 Å². The molecule has 0 spiro atoms. The van der Waals surface area contributed by atoms with Gasteiger partial charge in [-0.05, 0) is 30.9 Å². The van der Waals surface area contributed by atoms with E-state index in [4.69, 9.17) is 10.5 Å². The summed E-state index contributed by atoms with van der Waals surface area (Å²) in [5.41, 5.74) is 6.56. The predicted octanol–water partition coefficient (Wildman–Crippen LogP) is 3.38. The lowest BCUT2D eigenvalue weighted by Crippen LogP contribution is -2.14. The minimum atomic E-state index is -0.428. The van der Waals surface area contributed by atoms with Crippen LogP contribution in [0.2, 0.25) is 0 Å². The van der Waals surface area contributed by atoms with Crippen LogP contribution in [0.5, 0.6) is 0 Å². The predicted molar refractivity (Wildman–Crippen MR) is 86.3 cm³/mol. The molecule has 0 saturated carbocycles. The zero-order valence-corrected chi connectivity index (χ0v) is 13.4. The quantitative estimate of drug-likeness (QED) is 0.826. The van der Waals surface area contributed by atoms with Gasteiger partial charge in [-0.25, -0.2) is 4.79 Å². The van der Waals surface area contributed by atoms with Crippen molar-refractivity contribution < 1.29 is 14.3 Å². The largest absolute Gasteiger partial charge is 0.462 e. The van der Waals surface area contributed by atoms with E-state index in [9.17, 15) is 9.59 Å². The maximum absolute atomic E-state index is 12.2. The summed E-state index contributed by atoms with van der Waals surface area (Å²) in [6.07, 6.45) is 0.786. The van der Waals surface area contributed by atoms with Crippen molar-refractivity contribution in [3.63, 3.8) is 0 Å². The van der Waals surface area contributed by atoms with Gasteiger partial charge in [0.2, 0.25) is 0 Å². The number of hydrogen-bond acceptors (Lipinski definition) is 6.